The monoisotopic (exact) mass is 415 g/mol. The Hall–Kier alpha value is -2.52. The highest BCUT2D eigenvalue weighted by atomic mass is 16.5. The maximum Gasteiger partial charge on any atom is 0.363 e. The van der Waals surface area contributed by atoms with Crippen molar-refractivity contribution in [3.63, 3.8) is 0 Å². The molecule has 9 heteroatoms. The summed E-state index contributed by atoms with van der Waals surface area (Å²) in [6.07, 6.45) is -1.95. The highest BCUT2D eigenvalue weighted by molar-refractivity contribution is 5.94. The van der Waals surface area contributed by atoms with Crippen molar-refractivity contribution in [2.45, 2.75) is 51.8 Å². The van der Waals surface area contributed by atoms with Crippen molar-refractivity contribution in [3.8, 4) is 0 Å². The van der Waals surface area contributed by atoms with E-state index in [1.54, 1.807) is 6.92 Å². The Kier molecular flexibility index (Phi) is 3.21. The highest BCUT2D eigenvalue weighted by Gasteiger charge is 2.43. The van der Waals surface area contributed by atoms with Crippen LogP contribution >= 0.6 is 0 Å². The van der Waals surface area contributed by atoms with Gasteiger partial charge in [0.1, 0.15) is 5.72 Å². The molecule has 0 saturated carbocycles. The average Bonchev–Trinajstić information content (AvgIpc) is 3.24. The third kappa shape index (κ3) is 4.40. The summed E-state index contributed by atoms with van der Waals surface area (Å²) in [4.78, 5) is 28.0. The van der Waals surface area contributed by atoms with E-state index >= 15 is 0 Å². The fourth-order valence-corrected chi connectivity index (χ4v) is 3.16. The number of rotatable bonds is 8. The molecule has 0 N–H and O–H groups in total. The summed E-state index contributed by atoms with van der Waals surface area (Å²) in [6, 6.07) is -4.19. The van der Waals surface area contributed by atoms with Gasteiger partial charge in [0.05, 0.1) is 20.2 Å². The molecule has 9 nitrogen and oxygen atoms in total. The Balaban J connectivity index is 2.09. The third-order valence-electron chi connectivity index (χ3n) is 4.73. The van der Waals surface area contributed by atoms with E-state index in [1.807, 2.05) is 0 Å². The molecule has 1 saturated heterocycles. The molecule has 2 heterocycles. The van der Waals surface area contributed by atoms with E-state index in [4.69, 9.17) is 22.6 Å². The number of likely N-dealkylation sites (tertiary alicyclic amines) is 1. The lowest BCUT2D eigenvalue weighted by Gasteiger charge is -2.47. The van der Waals surface area contributed by atoms with Crippen LogP contribution in [0.1, 0.15) is 50.9 Å². The SMILES string of the molecule is [2H]c1c([2H])c([2H])c(N(C(=O)CC([2H])([2H])[2H])C2(OC([2H])([2H])[2H])CCN(CC([2H])([2H])n3nnn(CC)c3=O)CC2)c([2H])c1[2H]. The standard InChI is InChI=1S/C20H30N6O3/c1-4-18(27)26(17-9-7-6-8-10-17)20(29-3)11-13-23(14-12-20)15-16-25-19(28)24(5-2)21-22-25/h6-10H,4-5,11-16H2,1-3H3/i1D3,3D3,6D,7D,8D,9D,10D,16D2. The molecular formula is C20H30N6O3. The van der Waals surface area contributed by atoms with Gasteiger partial charge in [0.2, 0.25) is 5.91 Å². The van der Waals surface area contributed by atoms with Gasteiger partial charge in [-0.3, -0.25) is 9.69 Å². The number of tetrazole rings is 1. The fourth-order valence-electron chi connectivity index (χ4n) is 3.16. The van der Waals surface area contributed by atoms with Crippen LogP contribution in [0.25, 0.3) is 0 Å². The molecule has 0 unspecified atom stereocenters. The van der Waals surface area contributed by atoms with E-state index < -0.39 is 99.4 Å². The smallest absolute Gasteiger partial charge is 0.358 e. The Labute approximate surface area is 189 Å². The lowest BCUT2D eigenvalue weighted by atomic mass is 9.96. The first kappa shape index (κ1) is 9.99. The molecule has 1 aromatic carbocycles. The molecule has 1 fully saturated rings. The Morgan fingerprint density at radius 2 is 2.03 bits per heavy atom. The first-order valence-corrected chi connectivity index (χ1v) is 9.00. The van der Waals surface area contributed by atoms with Crippen molar-refractivity contribution >= 4 is 11.6 Å². The van der Waals surface area contributed by atoms with E-state index in [0.29, 0.717) is 9.58 Å². The van der Waals surface area contributed by atoms with Crippen molar-refractivity contribution in [1.82, 2.24) is 24.7 Å². The minimum absolute atomic E-state index is 0.158. The molecule has 1 aromatic heterocycles. The summed E-state index contributed by atoms with van der Waals surface area (Å²) in [5.74, 6) is -1.26. The number of methoxy groups -OCH3 is 1. The number of carbonyl (C=O) groups excluding carboxylic acids is 1. The van der Waals surface area contributed by atoms with Crippen LogP contribution in [0, 0.1) is 0 Å². The number of hydrogen-bond donors (Lipinski definition) is 0. The molecule has 0 bridgehead atoms. The van der Waals surface area contributed by atoms with Crippen molar-refractivity contribution < 1.29 is 27.4 Å². The van der Waals surface area contributed by atoms with Crippen LogP contribution in [0.2, 0.25) is 0 Å². The maximum absolute atomic E-state index is 13.6. The molecule has 0 radical (unpaired) electrons. The first-order valence-electron chi connectivity index (χ1n) is 15.5. The minimum atomic E-state index is -3.19. The maximum atomic E-state index is 13.6. The zero-order valence-electron chi connectivity index (χ0n) is 28.9. The lowest BCUT2D eigenvalue weighted by Crippen LogP contribution is -2.59. The predicted octanol–water partition coefficient (Wildman–Crippen LogP) is 1.34. The number of carbonyl (C=O) groups is 1. The number of piperidine rings is 1. The predicted molar refractivity (Wildman–Crippen MR) is 110 cm³/mol. The molecule has 1 aliphatic heterocycles. The second-order valence-electron chi connectivity index (χ2n) is 6.35. The molecule has 2 aromatic rings. The normalized spacial score (nSPS) is 24.5. The van der Waals surface area contributed by atoms with Crippen molar-refractivity contribution in [2.24, 2.45) is 0 Å². The van der Waals surface area contributed by atoms with Gasteiger partial charge in [-0.2, -0.15) is 9.36 Å². The molecule has 3 rings (SSSR count). The minimum Gasteiger partial charge on any atom is -0.358 e. The molecule has 1 amide bonds. The van der Waals surface area contributed by atoms with Crippen LogP contribution in [-0.4, -0.2) is 63.0 Å². The molecule has 29 heavy (non-hydrogen) atoms. The summed E-state index contributed by atoms with van der Waals surface area (Å²) < 4.78 is 111. The van der Waals surface area contributed by atoms with Gasteiger partial charge in [0.15, 0.2) is 0 Å². The molecule has 158 valence electrons. The van der Waals surface area contributed by atoms with Gasteiger partial charge in [0.25, 0.3) is 0 Å². The number of benzene rings is 1. The van der Waals surface area contributed by atoms with Crippen LogP contribution < -0.4 is 10.6 Å². The van der Waals surface area contributed by atoms with E-state index in [1.165, 1.54) is 4.90 Å². The van der Waals surface area contributed by atoms with Crippen molar-refractivity contribution in [2.75, 3.05) is 31.6 Å². The number of anilines is 1. The number of ether oxygens (including phenoxy) is 1. The van der Waals surface area contributed by atoms with Gasteiger partial charge in [0, 0.05) is 62.3 Å². The first-order chi connectivity index (χ1) is 19.1. The largest absolute Gasteiger partial charge is 0.363 e. The number of aromatic nitrogens is 4. The number of aryl methyl sites for hydroxylation is 1. The van der Waals surface area contributed by atoms with Gasteiger partial charge in [-0.25, -0.2) is 4.79 Å². The summed E-state index contributed by atoms with van der Waals surface area (Å²) in [5.41, 5.74) is -3.75. The second kappa shape index (κ2) is 9.32. The summed E-state index contributed by atoms with van der Waals surface area (Å²) in [5, 5.41) is 7.19. The Morgan fingerprint density at radius 3 is 2.66 bits per heavy atom. The van der Waals surface area contributed by atoms with Gasteiger partial charge in [-0.15, -0.1) is 0 Å². The van der Waals surface area contributed by atoms with Gasteiger partial charge in [-0.1, -0.05) is 25.0 Å². The van der Waals surface area contributed by atoms with E-state index in [2.05, 4.69) is 10.4 Å². The number of para-hydroxylation sites is 1. The topological polar surface area (TPSA) is 85.5 Å². The van der Waals surface area contributed by atoms with Gasteiger partial charge >= 0.3 is 5.69 Å². The highest BCUT2D eigenvalue weighted by Crippen LogP contribution is 2.34. The zero-order valence-corrected chi connectivity index (χ0v) is 15.9. The summed E-state index contributed by atoms with van der Waals surface area (Å²) in [6.45, 7) is -4.20. The summed E-state index contributed by atoms with van der Waals surface area (Å²) >= 11 is 0. The van der Waals surface area contributed by atoms with Crippen LogP contribution in [-0.2, 0) is 22.6 Å². The second-order valence-corrected chi connectivity index (χ2v) is 6.35. The lowest BCUT2D eigenvalue weighted by molar-refractivity contribution is -0.128. The number of hydrogen-bond acceptors (Lipinski definition) is 6. The average molecular weight is 416 g/mol. The zero-order chi connectivity index (χ0) is 32.0. The number of nitrogens with zero attached hydrogens (tertiary/aromatic N) is 6. The van der Waals surface area contributed by atoms with Crippen LogP contribution in [0.3, 0.4) is 0 Å². The van der Waals surface area contributed by atoms with Crippen molar-refractivity contribution in [3.05, 3.63) is 40.7 Å². The molecular weight excluding hydrogens is 372 g/mol. The van der Waals surface area contributed by atoms with E-state index in [0.717, 1.165) is 4.68 Å². The Morgan fingerprint density at radius 1 is 1.31 bits per heavy atom. The van der Waals surface area contributed by atoms with Crippen LogP contribution in [0.5, 0.6) is 0 Å². The Bertz CT molecular complexity index is 1350. The van der Waals surface area contributed by atoms with Gasteiger partial charge < -0.3 is 9.64 Å². The van der Waals surface area contributed by atoms with Crippen LogP contribution in [0.15, 0.2) is 35.0 Å². The van der Waals surface area contributed by atoms with Crippen molar-refractivity contribution in [1.29, 1.82) is 0 Å². The van der Waals surface area contributed by atoms with Gasteiger partial charge in [-0.05, 0) is 29.4 Å². The molecule has 0 spiro atoms. The third-order valence-corrected chi connectivity index (χ3v) is 4.73. The fraction of sp³-hybridized carbons (Fsp3) is 0.600. The van der Waals surface area contributed by atoms with E-state index in [9.17, 15) is 9.59 Å². The number of amides is 1. The quantitative estimate of drug-likeness (QED) is 0.605. The van der Waals surface area contributed by atoms with Crippen LogP contribution in [0.4, 0.5) is 5.69 Å². The molecule has 0 atom stereocenters. The molecule has 0 aliphatic carbocycles. The molecule has 1 aliphatic rings. The van der Waals surface area contributed by atoms with E-state index in [-0.39, 0.29) is 19.6 Å². The summed E-state index contributed by atoms with van der Waals surface area (Å²) in [7, 11) is -3.19.